The van der Waals surface area contributed by atoms with E-state index in [1.807, 2.05) is 0 Å². The Hall–Kier alpha value is -1.09. The Balaban J connectivity index is 3.06. The molecule has 1 N–H and O–H groups in total. The van der Waals surface area contributed by atoms with Gasteiger partial charge in [-0.25, -0.2) is 10.1 Å². The maximum absolute atomic E-state index is 10.3. The molecule has 3 heteroatoms. The molecule has 0 aliphatic heterocycles. The predicted molar refractivity (Wildman–Crippen MR) is 35.0 cm³/mol. The van der Waals surface area contributed by atoms with Gasteiger partial charge in [0.2, 0.25) is 5.88 Å². The molecule has 0 bridgehead atoms. The molecule has 3 nitrogen and oxygen atoms in total. The van der Waals surface area contributed by atoms with Gasteiger partial charge in [0.05, 0.1) is 5.69 Å². The van der Waals surface area contributed by atoms with Gasteiger partial charge >= 0.3 is 0 Å². The van der Waals surface area contributed by atoms with E-state index in [9.17, 15) is 5.11 Å². The summed E-state index contributed by atoms with van der Waals surface area (Å²) in [7, 11) is 0. The molecule has 0 amide bonds. The fourth-order valence-electron chi connectivity index (χ4n) is 0.794. The zero-order valence-corrected chi connectivity index (χ0v) is 5.66. The van der Waals surface area contributed by atoms with Gasteiger partial charge in [-0.15, -0.1) is 0 Å². The molecule has 0 atom stereocenters. The molecular weight excluding hydrogens is 130 g/mol. The van der Waals surface area contributed by atoms with E-state index in [1.165, 1.54) is 6.07 Å². The van der Waals surface area contributed by atoms with Crippen LogP contribution in [0.15, 0.2) is 12.1 Å². The molecule has 10 heavy (non-hydrogen) atoms. The highest BCUT2D eigenvalue weighted by atomic mass is 16.3. The summed E-state index contributed by atoms with van der Waals surface area (Å²) in [5.41, 5.74) is 1.25. The summed E-state index contributed by atoms with van der Waals surface area (Å²) in [6.07, 6.45) is 0. The van der Waals surface area contributed by atoms with Gasteiger partial charge in [-0.1, -0.05) is 0 Å². The van der Waals surface area contributed by atoms with Crippen molar-refractivity contribution in [2.75, 3.05) is 0 Å². The fourth-order valence-corrected chi connectivity index (χ4v) is 0.794. The van der Waals surface area contributed by atoms with Crippen LogP contribution in [0, 0.1) is 6.92 Å². The predicted octanol–water partition coefficient (Wildman–Crippen LogP) is 1.03. The van der Waals surface area contributed by atoms with Crippen molar-refractivity contribution in [2.24, 2.45) is 0 Å². The van der Waals surface area contributed by atoms with Crippen molar-refractivity contribution in [1.29, 1.82) is 0 Å². The van der Waals surface area contributed by atoms with Crippen LogP contribution in [0.1, 0.15) is 11.3 Å². The molecule has 0 aliphatic rings. The van der Waals surface area contributed by atoms with Gasteiger partial charge in [0.1, 0.15) is 6.61 Å². The summed E-state index contributed by atoms with van der Waals surface area (Å²) in [5.74, 6) is -0.0779. The Morgan fingerprint density at radius 1 is 1.60 bits per heavy atom. The first-order chi connectivity index (χ1) is 4.72. The minimum absolute atomic E-state index is 0.0779. The number of rotatable bonds is 1. The van der Waals surface area contributed by atoms with Gasteiger partial charge in [-0.3, -0.25) is 0 Å². The van der Waals surface area contributed by atoms with Crippen molar-refractivity contribution < 1.29 is 10.2 Å². The lowest BCUT2D eigenvalue weighted by atomic mass is 10.2. The molecule has 1 rings (SSSR count). The zero-order valence-electron chi connectivity index (χ0n) is 5.66. The number of aromatic hydroxyl groups is 1. The van der Waals surface area contributed by atoms with Gasteiger partial charge in [0.15, 0.2) is 0 Å². The minimum atomic E-state index is -0.380. The molecule has 53 valence electrons. The van der Waals surface area contributed by atoms with Crippen molar-refractivity contribution in [3.8, 4) is 5.88 Å². The molecule has 0 fully saturated rings. The van der Waals surface area contributed by atoms with Crippen molar-refractivity contribution in [1.82, 2.24) is 4.98 Å². The number of pyridine rings is 1. The van der Waals surface area contributed by atoms with Crippen LogP contribution in [0.5, 0.6) is 5.88 Å². The van der Waals surface area contributed by atoms with Crippen LogP contribution in [0.3, 0.4) is 0 Å². The monoisotopic (exact) mass is 138 g/mol. The highest BCUT2D eigenvalue weighted by molar-refractivity contribution is 5.22. The second kappa shape index (κ2) is 2.66. The van der Waals surface area contributed by atoms with Crippen molar-refractivity contribution in [2.45, 2.75) is 13.5 Å². The van der Waals surface area contributed by atoms with Gasteiger partial charge in [-0.05, 0) is 18.6 Å². The topological polar surface area (TPSA) is 53.0 Å². The molecule has 0 saturated heterocycles. The molecule has 1 aromatic rings. The summed E-state index contributed by atoms with van der Waals surface area (Å²) in [5, 5.41) is 19.1. The standard InChI is InChI=1S/C7H8NO2/c1-5-2-6(4-9)8-7(10)3-5/h2-3H,4H2,1H3,(H,8,10). The summed E-state index contributed by atoms with van der Waals surface area (Å²) in [6, 6.07) is 3.17. The minimum Gasteiger partial charge on any atom is -0.493 e. The highest BCUT2D eigenvalue weighted by Crippen LogP contribution is 2.09. The lowest BCUT2D eigenvalue weighted by Crippen LogP contribution is -1.88. The van der Waals surface area contributed by atoms with E-state index in [0.29, 0.717) is 5.69 Å². The van der Waals surface area contributed by atoms with Gasteiger partial charge < -0.3 is 5.11 Å². The van der Waals surface area contributed by atoms with Crippen LogP contribution in [0.4, 0.5) is 0 Å². The van der Waals surface area contributed by atoms with Crippen molar-refractivity contribution in [3.05, 3.63) is 23.4 Å². The van der Waals surface area contributed by atoms with E-state index in [-0.39, 0.29) is 12.5 Å². The third-order valence-electron chi connectivity index (χ3n) is 1.16. The third-order valence-corrected chi connectivity index (χ3v) is 1.16. The maximum Gasteiger partial charge on any atom is 0.211 e. The van der Waals surface area contributed by atoms with Crippen LogP contribution < -0.4 is 0 Å². The summed E-state index contributed by atoms with van der Waals surface area (Å²) in [4.78, 5) is 3.60. The summed E-state index contributed by atoms with van der Waals surface area (Å²) in [6.45, 7) is 1.43. The molecule has 1 heterocycles. The van der Waals surface area contributed by atoms with Crippen LogP contribution in [-0.2, 0) is 11.7 Å². The maximum atomic E-state index is 10.3. The van der Waals surface area contributed by atoms with Crippen LogP contribution in [-0.4, -0.2) is 10.1 Å². The van der Waals surface area contributed by atoms with E-state index in [0.717, 1.165) is 5.56 Å². The molecule has 0 aromatic carbocycles. The van der Waals surface area contributed by atoms with E-state index in [4.69, 9.17) is 5.11 Å². The molecule has 0 unspecified atom stereocenters. The second-order valence-electron chi connectivity index (χ2n) is 2.14. The van der Waals surface area contributed by atoms with Crippen molar-refractivity contribution in [3.63, 3.8) is 0 Å². The average molecular weight is 138 g/mol. The third kappa shape index (κ3) is 1.45. The fraction of sp³-hybridized carbons (Fsp3) is 0.286. The van der Waals surface area contributed by atoms with E-state index >= 15 is 0 Å². The number of hydrogen-bond donors (Lipinski definition) is 1. The van der Waals surface area contributed by atoms with Gasteiger partial charge in [-0.2, -0.15) is 0 Å². The van der Waals surface area contributed by atoms with Gasteiger partial charge in [0.25, 0.3) is 0 Å². The molecule has 0 saturated carbocycles. The van der Waals surface area contributed by atoms with Crippen LogP contribution >= 0.6 is 0 Å². The van der Waals surface area contributed by atoms with Crippen LogP contribution in [0.2, 0.25) is 0 Å². The largest absolute Gasteiger partial charge is 0.493 e. The summed E-state index contributed by atoms with van der Waals surface area (Å²) < 4.78 is 0. The molecular formula is C7H8NO2. The first-order valence-corrected chi connectivity index (χ1v) is 2.97. The highest BCUT2D eigenvalue weighted by Gasteiger charge is 1.96. The first kappa shape index (κ1) is 7.02. The second-order valence-corrected chi connectivity index (χ2v) is 2.14. The van der Waals surface area contributed by atoms with E-state index < -0.39 is 0 Å². The first-order valence-electron chi connectivity index (χ1n) is 2.97. The average Bonchev–Trinajstić information content (AvgIpc) is 1.85. The number of nitrogens with zero attached hydrogens (tertiary/aromatic N) is 1. The molecule has 1 radical (unpaired) electrons. The number of hydrogen-bond acceptors (Lipinski definition) is 2. The Kier molecular flexibility index (Phi) is 1.87. The smallest absolute Gasteiger partial charge is 0.211 e. The lowest BCUT2D eigenvalue weighted by molar-refractivity contribution is 0.173. The molecule has 0 spiro atoms. The van der Waals surface area contributed by atoms with Crippen LogP contribution in [0.25, 0.3) is 0 Å². The Morgan fingerprint density at radius 3 is 2.80 bits per heavy atom. The quantitative estimate of drug-likeness (QED) is 0.630. The summed E-state index contributed by atoms with van der Waals surface area (Å²) >= 11 is 0. The normalized spacial score (nSPS) is 9.80. The molecule has 1 aromatic heterocycles. The Bertz CT molecular complexity index is 215. The molecule has 0 aliphatic carbocycles. The Labute approximate surface area is 59.0 Å². The SMILES string of the molecule is Cc1cc(O)nc(C[O])c1. The van der Waals surface area contributed by atoms with Gasteiger partial charge in [0, 0.05) is 6.07 Å². The van der Waals surface area contributed by atoms with E-state index in [2.05, 4.69) is 4.98 Å². The zero-order chi connectivity index (χ0) is 7.56. The van der Waals surface area contributed by atoms with E-state index in [1.54, 1.807) is 13.0 Å². The van der Waals surface area contributed by atoms with Crippen molar-refractivity contribution >= 4 is 0 Å². The lowest BCUT2D eigenvalue weighted by Gasteiger charge is -1.96. The number of aryl methyl sites for hydroxylation is 1. The Morgan fingerprint density at radius 2 is 2.30 bits per heavy atom. The number of aromatic nitrogens is 1.